The van der Waals surface area contributed by atoms with Crippen molar-refractivity contribution in [2.24, 2.45) is 0 Å². The molecule has 130 valence electrons. The second-order valence-electron chi connectivity index (χ2n) is 5.65. The molecule has 9 nitrogen and oxygen atoms in total. The van der Waals surface area contributed by atoms with Crippen LogP contribution in [0.25, 0.3) is 45.2 Å². The predicted molar refractivity (Wildman–Crippen MR) is 94.9 cm³/mol. The lowest BCUT2D eigenvalue weighted by molar-refractivity contribution is 0.512. The lowest BCUT2D eigenvalue weighted by Crippen LogP contribution is -2.03. The van der Waals surface area contributed by atoms with E-state index in [4.69, 9.17) is 8.83 Å². The first-order valence-corrected chi connectivity index (χ1v) is 7.92. The van der Waals surface area contributed by atoms with Crippen LogP contribution in [0.1, 0.15) is 0 Å². The van der Waals surface area contributed by atoms with Crippen LogP contribution >= 0.6 is 0 Å². The van der Waals surface area contributed by atoms with Crippen LogP contribution in [0, 0.1) is 0 Å². The Hall–Kier alpha value is -4.14. The van der Waals surface area contributed by atoms with Crippen LogP contribution in [0.2, 0.25) is 0 Å². The Morgan fingerprint density at radius 2 is 1.26 bits per heavy atom. The Bertz CT molecular complexity index is 1330. The van der Waals surface area contributed by atoms with Gasteiger partial charge in [0.15, 0.2) is 0 Å². The molecular formula is C18H9N5O4. The largest absolute Gasteiger partial charge is 0.400 e. The van der Waals surface area contributed by atoms with E-state index in [1.165, 1.54) is 0 Å². The number of hydrogen-bond acceptors (Lipinski definition) is 8. The van der Waals surface area contributed by atoms with Crippen LogP contribution in [0.3, 0.4) is 0 Å². The molecule has 5 aromatic rings. The van der Waals surface area contributed by atoms with Gasteiger partial charge >= 0.3 is 11.3 Å². The van der Waals surface area contributed by atoms with Gasteiger partial charge in [0, 0.05) is 0 Å². The standard InChI is InChI=1S/C18H9N5O4/c24-17-9-5-1-3-7-11(9)19-15(26-17)13-21-14(23-22-13)16-20-12-8-4-2-6-10(12)18(25)27-16/h1-8H,(H,21,22,23). The van der Waals surface area contributed by atoms with Gasteiger partial charge in [-0.1, -0.05) is 24.3 Å². The van der Waals surface area contributed by atoms with Gasteiger partial charge in [0.05, 0.1) is 21.8 Å². The Kier molecular flexibility index (Phi) is 3.20. The molecule has 0 amide bonds. The fourth-order valence-corrected chi connectivity index (χ4v) is 2.69. The highest BCUT2D eigenvalue weighted by Crippen LogP contribution is 2.19. The van der Waals surface area contributed by atoms with E-state index in [1.54, 1.807) is 48.5 Å². The quantitative estimate of drug-likeness (QED) is 0.508. The summed E-state index contributed by atoms with van der Waals surface area (Å²) in [6.45, 7) is 0. The van der Waals surface area contributed by atoms with Crippen molar-refractivity contribution in [3.8, 4) is 23.4 Å². The van der Waals surface area contributed by atoms with Gasteiger partial charge in [-0.15, -0.1) is 5.10 Å². The first-order chi connectivity index (χ1) is 13.2. The molecule has 0 spiro atoms. The average molecular weight is 359 g/mol. The molecule has 3 heterocycles. The number of aromatic nitrogens is 5. The zero-order valence-electron chi connectivity index (χ0n) is 13.5. The molecule has 0 aliphatic carbocycles. The summed E-state index contributed by atoms with van der Waals surface area (Å²) in [5.74, 6) is 0.0841. The van der Waals surface area contributed by atoms with Crippen LogP contribution in [-0.2, 0) is 0 Å². The van der Waals surface area contributed by atoms with Crippen molar-refractivity contribution in [1.29, 1.82) is 0 Å². The highest BCUT2D eigenvalue weighted by atomic mass is 16.4. The number of rotatable bonds is 2. The van der Waals surface area contributed by atoms with E-state index < -0.39 is 11.3 Å². The van der Waals surface area contributed by atoms with Crippen molar-refractivity contribution in [2.75, 3.05) is 0 Å². The summed E-state index contributed by atoms with van der Waals surface area (Å²) in [4.78, 5) is 36.9. The smallest absolute Gasteiger partial charge is 0.347 e. The molecule has 5 rings (SSSR count). The molecule has 0 atom stereocenters. The summed E-state index contributed by atoms with van der Waals surface area (Å²) in [5, 5.41) is 7.33. The molecular weight excluding hydrogens is 350 g/mol. The molecule has 0 fully saturated rings. The maximum atomic E-state index is 12.1. The second kappa shape index (κ2) is 5.70. The number of benzene rings is 2. The van der Waals surface area contributed by atoms with E-state index in [1.807, 2.05) is 0 Å². The average Bonchev–Trinajstić information content (AvgIpc) is 3.18. The molecule has 0 aliphatic rings. The normalized spacial score (nSPS) is 11.3. The van der Waals surface area contributed by atoms with E-state index in [0.29, 0.717) is 21.8 Å². The molecule has 0 saturated carbocycles. The Morgan fingerprint density at radius 3 is 1.93 bits per heavy atom. The van der Waals surface area contributed by atoms with Gasteiger partial charge in [-0.2, -0.15) is 4.98 Å². The highest BCUT2D eigenvalue weighted by Gasteiger charge is 2.17. The molecule has 0 saturated heterocycles. The SMILES string of the molecule is O=c1oc(-c2n[nH]c(-c3nc4ccccc4c(=O)o3)n2)nc2ccccc12. The minimum Gasteiger partial charge on any atom is -0.400 e. The summed E-state index contributed by atoms with van der Waals surface area (Å²) in [5.41, 5.74) is -0.149. The van der Waals surface area contributed by atoms with E-state index in [2.05, 4.69) is 25.1 Å². The second-order valence-corrected chi connectivity index (χ2v) is 5.65. The first-order valence-electron chi connectivity index (χ1n) is 7.92. The van der Waals surface area contributed by atoms with E-state index in [-0.39, 0.29) is 23.4 Å². The number of nitrogens with zero attached hydrogens (tertiary/aromatic N) is 4. The predicted octanol–water partition coefficient (Wildman–Crippen LogP) is 2.14. The lowest BCUT2D eigenvalue weighted by atomic mass is 10.2. The minimum absolute atomic E-state index is 0.0272. The molecule has 0 bridgehead atoms. The number of fused-ring (bicyclic) bond motifs is 2. The maximum absolute atomic E-state index is 12.1. The van der Waals surface area contributed by atoms with Gasteiger partial charge in [0.2, 0.25) is 11.6 Å². The van der Waals surface area contributed by atoms with E-state index >= 15 is 0 Å². The van der Waals surface area contributed by atoms with Crippen LogP contribution in [0.4, 0.5) is 0 Å². The molecule has 27 heavy (non-hydrogen) atoms. The van der Waals surface area contributed by atoms with Crippen LogP contribution in [0.15, 0.2) is 67.0 Å². The van der Waals surface area contributed by atoms with Crippen LogP contribution in [-0.4, -0.2) is 25.1 Å². The zero-order chi connectivity index (χ0) is 18.4. The lowest BCUT2D eigenvalue weighted by Gasteiger charge is -1.98. The third-order valence-corrected chi connectivity index (χ3v) is 3.95. The van der Waals surface area contributed by atoms with Crippen molar-refractivity contribution in [3.05, 3.63) is 69.4 Å². The van der Waals surface area contributed by atoms with E-state index in [9.17, 15) is 9.59 Å². The molecule has 0 unspecified atom stereocenters. The van der Waals surface area contributed by atoms with E-state index in [0.717, 1.165) is 0 Å². The van der Waals surface area contributed by atoms with Gasteiger partial charge in [0.1, 0.15) is 0 Å². The van der Waals surface area contributed by atoms with Crippen LogP contribution < -0.4 is 11.3 Å². The summed E-state index contributed by atoms with van der Waals surface area (Å²) < 4.78 is 10.4. The van der Waals surface area contributed by atoms with Crippen molar-refractivity contribution in [2.45, 2.75) is 0 Å². The third-order valence-electron chi connectivity index (χ3n) is 3.95. The number of para-hydroxylation sites is 2. The summed E-state index contributed by atoms with van der Waals surface area (Å²) in [6.07, 6.45) is 0. The van der Waals surface area contributed by atoms with Crippen LogP contribution in [0.5, 0.6) is 0 Å². The first kappa shape index (κ1) is 15.1. The molecule has 1 N–H and O–H groups in total. The van der Waals surface area contributed by atoms with Crippen molar-refractivity contribution < 1.29 is 8.83 Å². The summed E-state index contributed by atoms with van der Waals surface area (Å²) in [7, 11) is 0. The number of H-pyrrole nitrogens is 1. The van der Waals surface area contributed by atoms with Crippen molar-refractivity contribution in [1.82, 2.24) is 25.1 Å². The van der Waals surface area contributed by atoms with Gasteiger partial charge in [-0.05, 0) is 24.3 Å². The monoisotopic (exact) mass is 359 g/mol. The summed E-state index contributed by atoms with van der Waals surface area (Å²) in [6, 6.07) is 13.6. The molecule has 9 heteroatoms. The number of hydrogen-bond donors (Lipinski definition) is 1. The highest BCUT2D eigenvalue weighted by molar-refractivity contribution is 5.79. The Morgan fingerprint density at radius 1 is 0.704 bits per heavy atom. The number of nitrogens with one attached hydrogen (secondary N) is 1. The Balaban J connectivity index is 1.63. The molecule has 0 radical (unpaired) electrons. The molecule has 3 aromatic heterocycles. The fourth-order valence-electron chi connectivity index (χ4n) is 2.69. The maximum Gasteiger partial charge on any atom is 0.347 e. The van der Waals surface area contributed by atoms with Crippen molar-refractivity contribution >= 4 is 21.8 Å². The topological polar surface area (TPSA) is 128 Å². The van der Waals surface area contributed by atoms with Gasteiger partial charge in [-0.25, -0.2) is 19.6 Å². The molecule has 0 aliphatic heterocycles. The van der Waals surface area contributed by atoms with Gasteiger partial charge in [-0.3, -0.25) is 5.10 Å². The third kappa shape index (κ3) is 2.49. The number of aromatic amines is 1. The minimum atomic E-state index is -0.544. The van der Waals surface area contributed by atoms with Gasteiger partial charge in [0.25, 0.3) is 11.8 Å². The zero-order valence-corrected chi connectivity index (χ0v) is 13.5. The Labute approximate surface area is 149 Å². The fraction of sp³-hybridized carbons (Fsp3) is 0. The van der Waals surface area contributed by atoms with Crippen molar-refractivity contribution in [3.63, 3.8) is 0 Å². The van der Waals surface area contributed by atoms with Gasteiger partial charge < -0.3 is 8.83 Å². The summed E-state index contributed by atoms with van der Waals surface area (Å²) >= 11 is 0. The molecule has 2 aromatic carbocycles.